The summed E-state index contributed by atoms with van der Waals surface area (Å²) in [6.07, 6.45) is 0.921. The molecule has 2 rings (SSSR count). The van der Waals surface area contributed by atoms with Crippen molar-refractivity contribution in [2.24, 2.45) is 5.41 Å². The fourth-order valence-corrected chi connectivity index (χ4v) is 3.49. The molecule has 8 heteroatoms. The number of nitrogens with zero attached hydrogens (tertiary/aromatic N) is 2. The zero-order valence-electron chi connectivity index (χ0n) is 17.4. The maximum Gasteiger partial charge on any atom is 0.408 e. The van der Waals surface area contributed by atoms with E-state index in [1.54, 1.807) is 25.7 Å². The van der Waals surface area contributed by atoms with Crippen LogP contribution in [-0.2, 0) is 9.53 Å². The van der Waals surface area contributed by atoms with Gasteiger partial charge in [0.15, 0.2) is 0 Å². The Morgan fingerprint density at radius 1 is 1.11 bits per heavy atom. The molecule has 8 nitrogen and oxygen atoms in total. The van der Waals surface area contributed by atoms with Crippen molar-refractivity contribution in [3.63, 3.8) is 0 Å². The van der Waals surface area contributed by atoms with Gasteiger partial charge in [0.25, 0.3) is 0 Å². The number of ether oxygens (including phenoxy) is 1. The smallest absolute Gasteiger partial charge is 0.408 e. The van der Waals surface area contributed by atoms with Gasteiger partial charge in [0, 0.05) is 32.2 Å². The molecule has 0 bridgehead atoms. The van der Waals surface area contributed by atoms with Crippen LogP contribution in [0.15, 0.2) is 0 Å². The number of carbonyl (C=O) groups excluding carboxylic acids is 3. The van der Waals surface area contributed by atoms with Gasteiger partial charge < -0.3 is 25.2 Å². The molecular weight excluding hydrogens is 348 g/mol. The van der Waals surface area contributed by atoms with Crippen molar-refractivity contribution in [1.29, 1.82) is 0 Å². The summed E-state index contributed by atoms with van der Waals surface area (Å²) >= 11 is 0. The molecule has 2 fully saturated rings. The van der Waals surface area contributed by atoms with E-state index in [4.69, 9.17) is 4.74 Å². The van der Waals surface area contributed by atoms with Crippen LogP contribution in [0.1, 0.15) is 54.4 Å². The summed E-state index contributed by atoms with van der Waals surface area (Å²) in [4.78, 5) is 40.8. The Labute approximate surface area is 162 Å². The minimum atomic E-state index is -0.668. The molecule has 0 spiro atoms. The molecule has 2 aliphatic heterocycles. The number of hydrogen-bond donors (Lipinski definition) is 2. The minimum Gasteiger partial charge on any atom is -0.444 e. The zero-order valence-corrected chi connectivity index (χ0v) is 17.4. The number of alkyl carbamates (subject to hydrolysis) is 1. The van der Waals surface area contributed by atoms with Gasteiger partial charge >= 0.3 is 12.1 Å². The van der Waals surface area contributed by atoms with Crippen LogP contribution in [0.3, 0.4) is 0 Å². The summed E-state index contributed by atoms with van der Waals surface area (Å²) < 4.78 is 5.33. The summed E-state index contributed by atoms with van der Waals surface area (Å²) in [7, 11) is 0. The van der Waals surface area contributed by atoms with E-state index in [2.05, 4.69) is 10.6 Å². The molecule has 0 unspecified atom stereocenters. The molecule has 2 heterocycles. The van der Waals surface area contributed by atoms with Crippen LogP contribution in [-0.4, -0.2) is 71.7 Å². The third kappa shape index (κ3) is 5.74. The highest BCUT2D eigenvalue weighted by molar-refractivity contribution is 5.86. The monoisotopic (exact) mass is 382 g/mol. The summed E-state index contributed by atoms with van der Waals surface area (Å²) in [5.41, 5.74) is -1.07. The predicted molar refractivity (Wildman–Crippen MR) is 102 cm³/mol. The molecule has 27 heavy (non-hydrogen) atoms. The zero-order chi connectivity index (χ0) is 20.4. The van der Waals surface area contributed by atoms with Gasteiger partial charge in [-0.1, -0.05) is 20.8 Å². The number of nitrogens with one attached hydrogen (secondary N) is 2. The molecule has 4 amide bonds. The SMILES string of the molecule is CC(C)(C)OC(=O)N[C@@H](C(=O)N1CCC(N2CCNC2=O)CC1)C(C)(C)C. The van der Waals surface area contributed by atoms with Gasteiger partial charge in [-0.3, -0.25) is 4.79 Å². The summed E-state index contributed by atoms with van der Waals surface area (Å²) in [5, 5.41) is 5.58. The Kier molecular flexibility index (Phi) is 6.27. The second-order valence-corrected chi connectivity index (χ2v) is 9.43. The topological polar surface area (TPSA) is 91.0 Å². The van der Waals surface area contributed by atoms with E-state index < -0.39 is 23.2 Å². The second kappa shape index (κ2) is 7.94. The van der Waals surface area contributed by atoms with Crippen LogP contribution in [0.5, 0.6) is 0 Å². The lowest BCUT2D eigenvalue weighted by Crippen LogP contribution is -2.57. The van der Waals surface area contributed by atoms with Gasteiger partial charge in [0.05, 0.1) is 0 Å². The molecule has 154 valence electrons. The fraction of sp³-hybridized carbons (Fsp3) is 0.842. The largest absolute Gasteiger partial charge is 0.444 e. The van der Waals surface area contributed by atoms with Crippen LogP contribution in [0.2, 0.25) is 0 Å². The van der Waals surface area contributed by atoms with Crippen LogP contribution in [0.25, 0.3) is 0 Å². The van der Waals surface area contributed by atoms with Crippen LogP contribution < -0.4 is 10.6 Å². The van der Waals surface area contributed by atoms with E-state index in [9.17, 15) is 14.4 Å². The molecule has 0 aliphatic carbocycles. The average molecular weight is 383 g/mol. The van der Waals surface area contributed by atoms with Gasteiger partial charge in [0.1, 0.15) is 11.6 Å². The number of hydrogen-bond acceptors (Lipinski definition) is 4. The Morgan fingerprint density at radius 2 is 1.70 bits per heavy atom. The molecule has 1 atom stereocenters. The molecule has 0 aromatic carbocycles. The number of piperidine rings is 1. The van der Waals surface area contributed by atoms with Crippen molar-refractivity contribution in [3.8, 4) is 0 Å². The first-order chi connectivity index (χ1) is 12.4. The third-order valence-corrected chi connectivity index (χ3v) is 4.88. The van der Waals surface area contributed by atoms with E-state index in [0.29, 0.717) is 19.6 Å². The van der Waals surface area contributed by atoms with Crippen molar-refractivity contribution in [1.82, 2.24) is 20.4 Å². The molecule has 2 saturated heterocycles. The Bertz CT molecular complexity index is 571. The number of likely N-dealkylation sites (tertiary alicyclic amines) is 1. The number of urea groups is 1. The normalized spacial score (nSPS) is 20.3. The van der Waals surface area contributed by atoms with E-state index in [1.807, 2.05) is 25.7 Å². The van der Waals surface area contributed by atoms with E-state index >= 15 is 0 Å². The maximum atomic E-state index is 13.1. The van der Waals surface area contributed by atoms with Gasteiger partial charge in [-0.05, 0) is 39.0 Å². The highest BCUT2D eigenvalue weighted by atomic mass is 16.6. The van der Waals surface area contributed by atoms with E-state index in [0.717, 1.165) is 19.4 Å². The molecule has 0 saturated carbocycles. The Morgan fingerprint density at radius 3 is 2.15 bits per heavy atom. The lowest BCUT2D eigenvalue weighted by molar-refractivity contribution is -0.137. The lowest BCUT2D eigenvalue weighted by Gasteiger charge is -2.40. The Balaban J connectivity index is 1.97. The van der Waals surface area contributed by atoms with Crippen molar-refractivity contribution in [2.45, 2.75) is 72.1 Å². The molecule has 2 N–H and O–H groups in total. The van der Waals surface area contributed by atoms with Crippen molar-refractivity contribution >= 4 is 18.0 Å². The van der Waals surface area contributed by atoms with Crippen LogP contribution in [0.4, 0.5) is 9.59 Å². The minimum absolute atomic E-state index is 0.0149. The molecular formula is C19H34N4O4. The summed E-state index contributed by atoms with van der Waals surface area (Å²) in [6.45, 7) is 13.7. The van der Waals surface area contributed by atoms with Gasteiger partial charge in [-0.2, -0.15) is 0 Å². The quantitative estimate of drug-likeness (QED) is 0.780. The first-order valence-corrected chi connectivity index (χ1v) is 9.71. The first-order valence-electron chi connectivity index (χ1n) is 9.71. The maximum absolute atomic E-state index is 13.1. The molecule has 0 aromatic rings. The summed E-state index contributed by atoms with van der Waals surface area (Å²) in [6, 6.07) is -0.513. The number of carbonyl (C=O) groups is 3. The van der Waals surface area contributed by atoms with Gasteiger partial charge in [-0.15, -0.1) is 0 Å². The lowest BCUT2D eigenvalue weighted by atomic mass is 9.85. The van der Waals surface area contributed by atoms with Gasteiger partial charge in [0.2, 0.25) is 5.91 Å². The highest BCUT2D eigenvalue weighted by Crippen LogP contribution is 2.25. The van der Waals surface area contributed by atoms with Crippen LogP contribution >= 0.6 is 0 Å². The second-order valence-electron chi connectivity index (χ2n) is 9.43. The summed E-state index contributed by atoms with van der Waals surface area (Å²) in [5.74, 6) is -0.0994. The van der Waals surface area contributed by atoms with Gasteiger partial charge in [-0.25, -0.2) is 9.59 Å². The molecule has 0 radical (unpaired) electrons. The number of amides is 4. The highest BCUT2D eigenvalue weighted by Gasteiger charge is 2.39. The van der Waals surface area contributed by atoms with Crippen molar-refractivity contribution in [3.05, 3.63) is 0 Å². The van der Waals surface area contributed by atoms with Crippen LogP contribution in [0, 0.1) is 5.41 Å². The number of rotatable bonds is 3. The first kappa shape index (κ1) is 21.3. The van der Waals surface area contributed by atoms with Crippen molar-refractivity contribution in [2.75, 3.05) is 26.2 Å². The predicted octanol–water partition coefficient (Wildman–Crippen LogP) is 1.94. The van der Waals surface area contributed by atoms with E-state index in [1.165, 1.54) is 0 Å². The van der Waals surface area contributed by atoms with Crippen molar-refractivity contribution < 1.29 is 19.1 Å². The average Bonchev–Trinajstić information content (AvgIpc) is 2.95. The standard InChI is InChI=1S/C19H34N4O4/c1-18(2,3)14(21-17(26)27-19(4,5)6)15(24)22-10-7-13(8-11-22)23-12-9-20-16(23)25/h13-14H,7-12H2,1-6H3,(H,20,25)(H,21,26)/t14-/m0/s1. The van der Waals surface area contributed by atoms with E-state index in [-0.39, 0.29) is 18.0 Å². The fourth-order valence-electron chi connectivity index (χ4n) is 3.49. The molecule has 2 aliphatic rings. The Hall–Kier alpha value is -1.99. The third-order valence-electron chi connectivity index (χ3n) is 4.88. The molecule has 0 aromatic heterocycles.